The normalized spacial score (nSPS) is 31.2. The number of pyridine rings is 1. The molecule has 0 amide bonds. The molecule has 33 heavy (non-hydrogen) atoms. The Bertz CT molecular complexity index is 1080. The number of carbonyl (C=O) groups excluding carboxylic acids is 2. The van der Waals surface area contributed by atoms with Gasteiger partial charge in [-0.15, -0.1) is 0 Å². The number of rotatable bonds is 5. The lowest BCUT2D eigenvalue weighted by Gasteiger charge is -2.45. The second-order valence-corrected chi connectivity index (χ2v) is 9.66. The van der Waals surface area contributed by atoms with Crippen LogP contribution in [-0.4, -0.2) is 36.7 Å². The minimum absolute atomic E-state index is 0.00368. The van der Waals surface area contributed by atoms with Gasteiger partial charge >= 0.3 is 11.9 Å². The number of methoxy groups -OCH3 is 1. The molecule has 2 aliphatic carbocycles. The summed E-state index contributed by atoms with van der Waals surface area (Å²) in [6.07, 6.45) is 10.4. The summed E-state index contributed by atoms with van der Waals surface area (Å²) in [6.45, 7) is 1.94. The highest BCUT2D eigenvalue weighted by Gasteiger charge is 2.53. The molecule has 3 fully saturated rings. The third-order valence-corrected chi connectivity index (χ3v) is 7.83. The predicted molar refractivity (Wildman–Crippen MR) is 124 cm³/mol. The van der Waals surface area contributed by atoms with Gasteiger partial charge < -0.3 is 14.2 Å². The van der Waals surface area contributed by atoms with E-state index in [1.54, 1.807) is 0 Å². The van der Waals surface area contributed by atoms with E-state index >= 15 is 0 Å². The number of allylic oxidation sites excluding steroid dienone is 1. The minimum Gasteiger partial charge on any atom is -0.482 e. The summed E-state index contributed by atoms with van der Waals surface area (Å²) >= 11 is 0. The van der Waals surface area contributed by atoms with Crippen LogP contribution in [-0.2, 0) is 19.1 Å². The fourth-order valence-corrected chi connectivity index (χ4v) is 6.30. The summed E-state index contributed by atoms with van der Waals surface area (Å²) in [5, 5.41) is 0.947. The Morgan fingerprint density at radius 2 is 2.06 bits per heavy atom. The van der Waals surface area contributed by atoms with Gasteiger partial charge in [-0.05, 0) is 67.9 Å². The second-order valence-electron chi connectivity index (χ2n) is 9.66. The van der Waals surface area contributed by atoms with Crippen molar-refractivity contribution in [2.45, 2.75) is 45.1 Å². The second kappa shape index (κ2) is 9.16. The molecule has 5 rings (SSSR count). The van der Waals surface area contributed by atoms with Crippen LogP contribution >= 0.6 is 0 Å². The fourth-order valence-electron chi connectivity index (χ4n) is 6.30. The molecule has 0 N–H and O–H groups in total. The molecule has 3 aliphatic rings. The fraction of sp³-hybridized carbons (Fsp3) is 0.519. The summed E-state index contributed by atoms with van der Waals surface area (Å²) in [6, 6.07) is 9.61. The van der Waals surface area contributed by atoms with Gasteiger partial charge in [-0.1, -0.05) is 31.4 Å². The first kappa shape index (κ1) is 21.9. The number of benzene rings is 1. The average Bonchev–Trinajstić information content (AvgIpc) is 3.12. The van der Waals surface area contributed by atoms with Crippen LogP contribution in [0.4, 0.5) is 0 Å². The van der Waals surface area contributed by atoms with Gasteiger partial charge in [-0.3, -0.25) is 4.79 Å². The highest BCUT2D eigenvalue weighted by atomic mass is 16.6. The number of aromatic nitrogens is 1. The molecule has 0 bridgehead atoms. The number of fused-ring (bicyclic) bond motifs is 3. The van der Waals surface area contributed by atoms with Crippen molar-refractivity contribution in [1.82, 2.24) is 4.98 Å². The maximum Gasteiger partial charge on any atom is 0.343 e. The topological polar surface area (TPSA) is 74.7 Å². The average molecular weight is 450 g/mol. The van der Waals surface area contributed by atoms with Crippen molar-refractivity contribution in [1.29, 1.82) is 0 Å². The van der Waals surface area contributed by atoms with Crippen molar-refractivity contribution in [2.75, 3.05) is 13.7 Å². The van der Waals surface area contributed by atoms with Gasteiger partial charge in [-0.2, -0.15) is 0 Å². The molecule has 1 aliphatic heterocycles. The van der Waals surface area contributed by atoms with E-state index in [0.29, 0.717) is 23.5 Å². The van der Waals surface area contributed by atoms with Crippen molar-refractivity contribution in [2.24, 2.45) is 29.6 Å². The maximum absolute atomic E-state index is 12.5. The van der Waals surface area contributed by atoms with Crippen LogP contribution < -0.4 is 4.74 Å². The molecule has 0 radical (unpaired) electrons. The molecule has 6 nitrogen and oxygen atoms in total. The first-order valence-corrected chi connectivity index (χ1v) is 12.0. The van der Waals surface area contributed by atoms with Crippen LogP contribution in [0.1, 0.15) is 44.7 Å². The van der Waals surface area contributed by atoms with E-state index in [-0.39, 0.29) is 30.5 Å². The highest BCUT2D eigenvalue weighted by molar-refractivity contribution is 5.81. The van der Waals surface area contributed by atoms with Gasteiger partial charge in [0.25, 0.3) is 0 Å². The first-order chi connectivity index (χ1) is 16.0. The number of hydrogen-bond donors (Lipinski definition) is 0. The van der Waals surface area contributed by atoms with Crippen LogP contribution in [0.2, 0.25) is 0 Å². The summed E-state index contributed by atoms with van der Waals surface area (Å²) in [5.41, 5.74) is 1.77. The zero-order valence-electron chi connectivity index (χ0n) is 19.2. The zero-order valence-corrected chi connectivity index (χ0v) is 19.2. The van der Waals surface area contributed by atoms with Crippen LogP contribution in [0.5, 0.6) is 5.75 Å². The lowest BCUT2D eigenvalue weighted by molar-refractivity contribution is -0.144. The molecule has 1 aromatic carbocycles. The number of esters is 2. The molecule has 6 heteroatoms. The Morgan fingerprint density at radius 1 is 1.21 bits per heavy atom. The molecule has 1 saturated heterocycles. The Morgan fingerprint density at radius 3 is 2.91 bits per heavy atom. The van der Waals surface area contributed by atoms with Gasteiger partial charge in [0.2, 0.25) is 0 Å². The SMILES string of the molecule is COC(=O)COc1ccc2nc(/C=C/C3[C@@H]4[C@@H](C)OC(=O)[C@@H]4C[C@@H]4CCCC[C@@H]34)ccc2c1. The van der Waals surface area contributed by atoms with Gasteiger partial charge in [0, 0.05) is 11.3 Å². The van der Waals surface area contributed by atoms with E-state index in [4.69, 9.17) is 14.5 Å². The maximum atomic E-state index is 12.5. The van der Waals surface area contributed by atoms with E-state index in [9.17, 15) is 9.59 Å². The molecule has 1 aromatic heterocycles. The molecular formula is C27H31NO5. The quantitative estimate of drug-likeness (QED) is 0.610. The summed E-state index contributed by atoms with van der Waals surface area (Å²) < 4.78 is 15.8. The van der Waals surface area contributed by atoms with Crippen molar-refractivity contribution in [3.8, 4) is 5.75 Å². The van der Waals surface area contributed by atoms with E-state index < -0.39 is 5.97 Å². The Kier molecular flexibility index (Phi) is 6.09. The third-order valence-electron chi connectivity index (χ3n) is 7.83. The molecule has 2 heterocycles. The molecule has 2 aromatic rings. The van der Waals surface area contributed by atoms with E-state index in [2.05, 4.69) is 23.8 Å². The van der Waals surface area contributed by atoms with Crippen LogP contribution in [0.25, 0.3) is 17.0 Å². The predicted octanol–water partition coefficient (Wildman–Crippen LogP) is 4.80. The third kappa shape index (κ3) is 4.35. The largest absolute Gasteiger partial charge is 0.482 e. The van der Waals surface area contributed by atoms with Gasteiger partial charge in [0.1, 0.15) is 11.9 Å². The van der Waals surface area contributed by atoms with E-state index in [0.717, 1.165) is 23.0 Å². The number of carbonyl (C=O) groups is 2. The molecular weight excluding hydrogens is 418 g/mol. The van der Waals surface area contributed by atoms with Crippen molar-refractivity contribution in [3.05, 3.63) is 42.1 Å². The lowest BCUT2D eigenvalue weighted by atomic mass is 9.57. The number of nitrogens with zero attached hydrogens (tertiary/aromatic N) is 1. The lowest BCUT2D eigenvalue weighted by Crippen LogP contribution is -2.42. The van der Waals surface area contributed by atoms with Crippen molar-refractivity contribution in [3.63, 3.8) is 0 Å². The number of ether oxygens (including phenoxy) is 3. The Hall–Kier alpha value is -2.89. The smallest absolute Gasteiger partial charge is 0.343 e. The van der Waals surface area contributed by atoms with Crippen LogP contribution in [0, 0.1) is 29.6 Å². The molecule has 2 saturated carbocycles. The van der Waals surface area contributed by atoms with Crippen LogP contribution in [0.15, 0.2) is 36.4 Å². The minimum atomic E-state index is -0.414. The number of cyclic esters (lactones) is 1. The van der Waals surface area contributed by atoms with Gasteiger partial charge in [-0.25, -0.2) is 9.78 Å². The Labute approximate surface area is 194 Å². The standard InChI is InChI=1S/C27H31NO5/c1-16-26-22(21-6-4-3-5-17(21)14-23(26)27(30)33-16)11-9-19-8-7-18-13-20(10-12-24(18)28-19)32-15-25(29)31-2/h7-13,16-17,21-23,26H,3-6,14-15H2,1-2H3/b11-9+/t16-,17+,21-,22?,23-,26+/m1/s1. The Balaban J connectivity index is 1.37. The van der Waals surface area contributed by atoms with Crippen LogP contribution in [0.3, 0.4) is 0 Å². The molecule has 6 atom stereocenters. The summed E-state index contributed by atoms with van der Waals surface area (Å²) in [4.78, 5) is 28.6. The van der Waals surface area contributed by atoms with E-state index in [1.165, 1.54) is 32.8 Å². The van der Waals surface area contributed by atoms with Gasteiger partial charge in [0.15, 0.2) is 6.61 Å². The van der Waals surface area contributed by atoms with Gasteiger partial charge in [0.05, 0.1) is 24.2 Å². The molecule has 1 unspecified atom stereocenters. The molecule has 174 valence electrons. The zero-order chi connectivity index (χ0) is 22.9. The van der Waals surface area contributed by atoms with E-state index in [1.807, 2.05) is 30.3 Å². The summed E-state index contributed by atoms with van der Waals surface area (Å²) in [7, 11) is 1.34. The first-order valence-electron chi connectivity index (χ1n) is 12.0. The molecule has 0 spiro atoms. The van der Waals surface area contributed by atoms with Crippen molar-refractivity contribution >= 4 is 28.9 Å². The monoisotopic (exact) mass is 449 g/mol. The highest BCUT2D eigenvalue weighted by Crippen LogP contribution is 2.53. The summed E-state index contributed by atoms with van der Waals surface area (Å²) in [5.74, 6) is 2.11. The number of hydrogen-bond acceptors (Lipinski definition) is 6. The van der Waals surface area contributed by atoms with Crippen molar-refractivity contribution < 1.29 is 23.8 Å².